The number of nitrogens with one attached hydrogen (secondary N) is 3. The largest absolute Gasteiger partial charge is 0.357 e. The second-order valence-corrected chi connectivity index (χ2v) is 8.91. The van der Waals surface area contributed by atoms with Gasteiger partial charge in [-0.2, -0.15) is 0 Å². The predicted octanol–water partition coefficient (Wildman–Crippen LogP) is 2.63. The number of halogens is 5. The lowest BCUT2D eigenvalue weighted by Gasteiger charge is -2.45. The first-order valence-electron chi connectivity index (χ1n) is 10.9. The summed E-state index contributed by atoms with van der Waals surface area (Å²) in [7, 11) is 1.21. The van der Waals surface area contributed by atoms with Crippen LogP contribution in [-0.2, 0) is 22.6 Å². The maximum Gasteiger partial charge on any atom is 0.293 e. The third-order valence-corrected chi connectivity index (χ3v) is 6.44. The van der Waals surface area contributed by atoms with E-state index in [9.17, 15) is 41.1 Å². The molecule has 13 heteroatoms. The van der Waals surface area contributed by atoms with E-state index in [4.69, 9.17) is 0 Å². The van der Waals surface area contributed by atoms with Crippen molar-refractivity contribution in [2.75, 3.05) is 12.4 Å². The number of Topliss-reactive ketones (excluding diaryl/α,β-unsaturated/α-hetero) is 1. The van der Waals surface area contributed by atoms with Crippen molar-refractivity contribution in [3.8, 4) is 0 Å². The molecule has 0 bridgehead atoms. The summed E-state index contributed by atoms with van der Waals surface area (Å²) in [4.78, 5) is 51.1. The molecule has 1 saturated carbocycles. The SMILES string of the molecule is CNC(=O)C1(NC(=O)C(=O)c2c(C)c(C(=O)Nc3cc(F)c(F)c(F)c3)n3c2CCC3)CC(F)(F)C1. The normalized spacial score (nSPS) is 17.1. The minimum Gasteiger partial charge on any atom is -0.357 e. The Hall–Kier alpha value is -3.77. The van der Waals surface area contributed by atoms with Gasteiger partial charge in [-0.05, 0) is 25.3 Å². The van der Waals surface area contributed by atoms with Crippen molar-refractivity contribution < 1.29 is 41.1 Å². The smallest absolute Gasteiger partial charge is 0.293 e. The number of hydrogen-bond acceptors (Lipinski definition) is 4. The highest BCUT2D eigenvalue weighted by molar-refractivity contribution is 6.44. The standard InChI is InChI=1S/C23H21F5N4O4/c1-10-15(18(33)20(35)31-22(21(36)29-2)8-23(27,28)9-22)14-4-3-5-32(14)17(10)19(34)30-11-6-12(24)16(26)13(25)7-11/h6-7H,3-5,8-9H2,1-2H3,(H,29,36)(H,30,34)(H,31,35). The van der Waals surface area contributed by atoms with Crippen LogP contribution in [0.3, 0.4) is 0 Å². The number of alkyl halides is 2. The Balaban J connectivity index is 1.63. The quantitative estimate of drug-likeness (QED) is 0.239. The van der Waals surface area contributed by atoms with Crippen molar-refractivity contribution in [3.05, 3.63) is 52.1 Å². The first-order valence-corrected chi connectivity index (χ1v) is 10.9. The zero-order valence-corrected chi connectivity index (χ0v) is 19.2. The van der Waals surface area contributed by atoms with Gasteiger partial charge in [0.1, 0.15) is 11.2 Å². The number of carbonyl (C=O) groups is 4. The summed E-state index contributed by atoms with van der Waals surface area (Å²) in [6.07, 6.45) is -1.10. The second kappa shape index (κ2) is 8.71. The molecule has 1 aromatic heterocycles. The molecular formula is C23H21F5N4O4. The number of ketones is 1. The minimum absolute atomic E-state index is 0.0556. The van der Waals surface area contributed by atoms with Gasteiger partial charge in [-0.1, -0.05) is 0 Å². The van der Waals surface area contributed by atoms with Gasteiger partial charge in [-0.15, -0.1) is 0 Å². The molecule has 8 nitrogen and oxygen atoms in total. The number of rotatable bonds is 6. The molecule has 4 rings (SSSR count). The van der Waals surface area contributed by atoms with Crippen molar-refractivity contribution >= 4 is 29.2 Å². The second-order valence-electron chi connectivity index (χ2n) is 8.91. The van der Waals surface area contributed by atoms with Crippen LogP contribution < -0.4 is 16.0 Å². The molecule has 192 valence electrons. The summed E-state index contributed by atoms with van der Waals surface area (Å²) in [5.74, 6) is -12.0. The lowest BCUT2D eigenvalue weighted by molar-refractivity contribution is -0.164. The fourth-order valence-corrected chi connectivity index (χ4v) is 4.89. The highest BCUT2D eigenvalue weighted by Gasteiger charge is 2.62. The van der Waals surface area contributed by atoms with Crippen LogP contribution in [0.1, 0.15) is 51.4 Å². The Kier molecular flexibility index (Phi) is 6.13. The maximum atomic E-state index is 13.6. The lowest BCUT2D eigenvalue weighted by Crippen LogP contribution is -2.69. The molecule has 3 amide bonds. The van der Waals surface area contributed by atoms with Gasteiger partial charge in [0.05, 0.1) is 5.56 Å². The summed E-state index contributed by atoms with van der Waals surface area (Å²) in [5, 5.41) is 6.60. The summed E-state index contributed by atoms with van der Waals surface area (Å²) in [5.41, 5.74) is -2.06. The molecule has 2 aromatic rings. The van der Waals surface area contributed by atoms with E-state index in [1.807, 2.05) is 0 Å². The Morgan fingerprint density at radius 2 is 1.64 bits per heavy atom. The number of anilines is 1. The monoisotopic (exact) mass is 512 g/mol. The fraction of sp³-hybridized carbons (Fsp3) is 0.391. The van der Waals surface area contributed by atoms with E-state index in [1.165, 1.54) is 18.5 Å². The van der Waals surface area contributed by atoms with Gasteiger partial charge in [0.25, 0.3) is 23.5 Å². The first-order chi connectivity index (χ1) is 16.8. The summed E-state index contributed by atoms with van der Waals surface area (Å²) < 4.78 is 68.9. The van der Waals surface area contributed by atoms with E-state index < -0.39 is 65.3 Å². The number of hydrogen-bond donors (Lipinski definition) is 3. The minimum atomic E-state index is -3.18. The molecule has 0 atom stereocenters. The number of benzene rings is 1. The third kappa shape index (κ3) is 4.11. The number of nitrogens with zero attached hydrogens (tertiary/aromatic N) is 1. The van der Waals surface area contributed by atoms with Gasteiger partial charge >= 0.3 is 0 Å². The van der Waals surface area contributed by atoms with Gasteiger partial charge in [0.2, 0.25) is 5.91 Å². The third-order valence-electron chi connectivity index (χ3n) is 6.44. The molecule has 1 fully saturated rings. The molecule has 3 N–H and O–H groups in total. The van der Waals surface area contributed by atoms with E-state index in [0.29, 0.717) is 37.2 Å². The highest BCUT2D eigenvalue weighted by Crippen LogP contribution is 2.46. The molecule has 1 aliphatic heterocycles. The van der Waals surface area contributed by atoms with Crippen molar-refractivity contribution in [2.24, 2.45) is 0 Å². The van der Waals surface area contributed by atoms with Gasteiger partial charge < -0.3 is 20.5 Å². The zero-order valence-electron chi connectivity index (χ0n) is 19.2. The highest BCUT2D eigenvalue weighted by atomic mass is 19.3. The van der Waals surface area contributed by atoms with E-state index >= 15 is 0 Å². The van der Waals surface area contributed by atoms with E-state index in [2.05, 4.69) is 16.0 Å². The number of amides is 3. The lowest BCUT2D eigenvalue weighted by atomic mass is 9.72. The molecule has 0 spiro atoms. The van der Waals surface area contributed by atoms with Crippen LogP contribution in [0.5, 0.6) is 0 Å². The number of aromatic nitrogens is 1. The molecule has 1 aliphatic carbocycles. The number of likely N-dealkylation sites (N-methyl/N-ethyl adjacent to an activating group) is 1. The molecular weight excluding hydrogens is 491 g/mol. The van der Waals surface area contributed by atoms with Crippen molar-refractivity contribution in [1.82, 2.24) is 15.2 Å². The molecule has 0 radical (unpaired) electrons. The van der Waals surface area contributed by atoms with Gasteiger partial charge in [0, 0.05) is 49.9 Å². The van der Waals surface area contributed by atoms with Gasteiger partial charge in [-0.25, -0.2) is 22.0 Å². The molecule has 0 saturated heterocycles. The van der Waals surface area contributed by atoms with E-state index in [0.717, 1.165) is 0 Å². The van der Waals surface area contributed by atoms with E-state index in [-0.39, 0.29) is 22.5 Å². The number of fused-ring (bicyclic) bond motifs is 1. The molecule has 0 unspecified atom stereocenters. The summed E-state index contributed by atoms with van der Waals surface area (Å²) in [6, 6.07) is 1.18. The Morgan fingerprint density at radius 3 is 2.19 bits per heavy atom. The van der Waals surface area contributed by atoms with Crippen LogP contribution in [0.15, 0.2) is 12.1 Å². The van der Waals surface area contributed by atoms with Crippen LogP contribution in [-0.4, -0.2) is 46.6 Å². The first kappa shape index (κ1) is 25.3. The molecule has 1 aromatic carbocycles. The van der Waals surface area contributed by atoms with Crippen molar-refractivity contribution in [1.29, 1.82) is 0 Å². The predicted molar refractivity (Wildman–Crippen MR) is 115 cm³/mol. The molecule has 36 heavy (non-hydrogen) atoms. The Labute approximate surface area is 201 Å². The summed E-state index contributed by atoms with van der Waals surface area (Å²) in [6.45, 7) is 1.69. The van der Waals surface area contributed by atoms with Gasteiger partial charge in [-0.3, -0.25) is 19.2 Å². The fourth-order valence-electron chi connectivity index (χ4n) is 4.89. The average Bonchev–Trinajstić information content (AvgIpc) is 3.34. The zero-order chi connectivity index (χ0) is 26.6. The number of carbonyl (C=O) groups excluding carboxylic acids is 4. The molecule has 2 heterocycles. The van der Waals surface area contributed by atoms with Crippen LogP contribution >= 0.6 is 0 Å². The van der Waals surface area contributed by atoms with Gasteiger partial charge in [0.15, 0.2) is 17.5 Å². The summed E-state index contributed by atoms with van der Waals surface area (Å²) >= 11 is 0. The Bertz CT molecular complexity index is 1290. The van der Waals surface area contributed by atoms with Crippen LogP contribution in [0.25, 0.3) is 0 Å². The van der Waals surface area contributed by atoms with Crippen LogP contribution in [0, 0.1) is 24.4 Å². The maximum absolute atomic E-state index is 13.6. The van der Waals surface area contributed by atoms with Crippen molar-refractivity contribution in [3.63, 3.8) is 0 Å². The van der Waals surface area contributed by atoms with Crippen molar-refractivity contribution in [2.45, 2.75) is 50.6 Å². The van der Waals surface area contributed by atoms with E-state index in [1.54, 1.807) is 0 Å². The average molecular weight is 512 g/mol. The van der Waals surface area contributed by atoms with Crippen LogP contribution in [0.4, 0.5) is 27.6 Å². The topological polar surface area (TPSA) is 109 Å². The Morgan fingerprint density at radius 1 is 1.03 bits per heavy atom. The molecule has 2 aliphatic rings. The van der Waals surface area contributed by atoms with Crippen LogP contribution in [0.2, 0.25) is 0 Å².